The number of carbonyl (C=O) groups excluding carboxylic acids is 1. The lowest BCUT2D eigenvalue weighted by molar-refractivity contribution is -0.138. The van der Waals surface area contributed by atoms with Crippen molar-refractivity contribution in [2.24, 2.45) is 5.73 Å². The molecule has 0 saturated heterocycles. The lowest BCUT2D eigenvalue weighted by Crippen LogP contribution is -2.32. The number of carbonyl (C=O) groups is 2. The first kappa shape index (κ1) is 6.88. The number of halogens is 1. The van der Waals surface area contributed by atoms with E-state index in [4.69, 9.17) is 35.0 Å². The first-order valence-electron chi connectivity index (χ1n) is 6.55. The van der Waals surface area contributed by atoms with E-state index in [1.165, 1.54) is 0 Å². The Kier molecular flexibility index (Phi) is 2.13. The predicted octanol–water partition coefficient (Wildman–Crippen LogP) is 0.907. The summed E-state index contributed by atoms with van der Waals surface area (Å²) in [6.07, 6.45) is -2.29. The molecule has 0 bridgehead atoms. The van der Waals surface area contributed by atoms with Crippen molar-refractivity contribution < 1.29 is 21.5 Å². The highest BCUT2D eigenvalue weighted by Gasteiger charge is 2.18. The van der Waals surface area contributed by atoms with Crippen molar-refractivity contribution in [1.82, 2.24) is 0 Å². The Balaban J connectivity index is 3.49. The molecular formula is C10H11ClN2O3. The third-order valence-corrected chi connectivity index (χ3v) is 1.78. The van der Waals surface area contributed by atoms with Crippen molar-refractivity contribution >= 4 is 29.0 Å². The zero-order valence-electron chi connectivity index (χ0n) is 12.9. The van der Waals surface area contributed by atoms with Gasteiger partial charge in [-0.1, -0.05) is 11.6 Å². The molecular weight excluding hydrogens is 232 g/mol. The van der Waals surface area contributed by atoms with Gasteiger partial charge >= 0.3 is 5.97 Å². The van der Waals surface area contributed by atoms with Gasteiger partial charge in [-0.3, -0.25) is 9.59 Å². The Morgan fingerprint density at radius 3 is 2.88 bits per heavy atom. The van der Waals surface area contributed by atoms with Gasteiger partial charge in [0.05, 0.1) is 5.48 Å². The number of benzene rings is 1. The summed E-state index contributed by atoms with van der Waals surface area (Å²) in [6, 6.07) is -4.96. The van der Waals surface area contributed by atoms with Gasteiger partial charge in [-0.25, -0.2) is 0 Å². The van der Waals surface area contributed by atoms with Crippen molar-refractivity contribution in [2.45, 2.75) is 12.4 Å². The zero-order valence-corrected chi connectivity index (χ0v) is 8.63. The standard InChI is InChI=1S/C10H11ClN2O3/c11-5-1-2-6(7(12)3-5)9(14)4-8(13)10(15)16/h1-3,8H,4,12-13H2,(H,15,16)/i1D,2D,3D,4D,8D. The Hall–Kier alpha value is -1.59. The SMILES string of the molecule is [2H]c1c([2H])c(C(=O)C([2H])C([2H])(N)C(=O)O)c(N)c([2H])c1Cl. The molecule has 1 aromatic carbocycles. The quantitative estimate of drug-likeness (QED) is 0.542. The van der Waals surface area contributed by atoms with Crippen LogP contribution in [-0.2, 0) is 4.79 Å². The second-order valence-electron chi connectivity index (χ2n) is 2.75. The molecule has 5 N–H and O–H groups in total. The molecule has 1 rings (SSSR count). The molecule has 0 aliphatic heterocycles. The van der Waals surface area contributed by atoms with Crippen molar-refractivity contribution in [1.29, 1.82) is 0 Å². The van der Waals surface area contributed by atoms with Crippen LogP contribution < -0.4 is 11.5 Å². The number of hydrogen-bond acceptors (Lipinski definition) is 4. The van der Waals surface area contributed by atoms with Gasteiger partial charge in [0.1, 0.15) is 6.02 Å². The molecule has 0 aromatic heterocycles. The topological polar surface area (TPSA) is 106 Å². The first-order chi connectivity index (χ1) is 9.44. The molecule has 0 aliphatic carbocycles. The smallest absolute Gasteiger partial charge is 0.320 e. The zero-order chi connectivity index (χ0) is 16.7. The van der Waals surface area contributed by atoms with E-state index in [0.717, 1.165) is 0 Å². The van der Waals surface area contributed by atoms with E-state index < -0.39 is 58.6 Å². The molecule has 0 aliphatic rings. The van der Waals surface area contributed by atoms with Crippen molar-refractivity contribution in [3.8, 4) is 0 Å². The summed E-state index contributed by atoms with van der Waals surface area (Å²) in [5, 5.41) is 8.30. The summed E-state index contributed by atoms with van der Waals surface area (Å²) in [6.45, 7) is 0. The third-order valence-electron chi connectivity index (χ3n) is 1.59. The number of hydrogen-bond donors (Lipinski definition) is 3. The van der Waals surface area contributed by atoms with Gasteiger partial charge in [-0.05, 0) is 18.1 Å². The maximum Gasteiger partial charge on any atom is 0.320 e. The van der Waals surface area contributed by atoms with E-state index in [0.29, 0.717) is 0 Å². The summed E-state index contributed by atoms with van der Waals surface area (Å²) in [5.41, 5.74) is 9.29. The van der Waals surface area contributed by atoms with Crippen molar-refractivity contribution in [3.05, 3.63) is 28.7 Å². The van der Waals surface area contributed by atoms with Crippen LogP contribution in [0.3, 0.4) is 0 Å². The molecule has 86 valence electrons. The minimum Gasteiger partial charge on any atom is -0.480 e. The fraction of sp³-hybridized carbons (Fsp3) is 0.200. The van der Waals surface area contributed by atoms with Gasteiger partial charge < -0.3 is 16.6 Å². The van der Waals surface area contributed by atoms with Crippen molar-refractivity contribution in [2.75, 3.05) is 5.73 Å². The largest absolute Gasteiger partial charge is 0.480 e. The Bertz CT molecular complexity index is 609. The molecule has 6 heteroatoms. The maximum absolute atomic E-state index is 12.1. The van der Waals surface area contributed by atoms with E-state index in [-0.39, 0.29) is 0 Å². The van der Waals surface area contributed by atoms with Crippen LogP contribution in [0, 0.1) is 0 Å². The van der Waals surface area contributed by atoms with Crippen LogP contribution in [0.1, 0.15) is 23.6 Å². The Morgan fingerprint density at radius 2 is 2.31 bits per heavy atom. The molecule has 0 radical (unpaired) electrons. The van der Waals surface area contributed by atoms with E-state index >= 15 is 0 Å². The van der Waals surface area contributed by atoms with Gasteiger partial charge in [0.2, 0.25) is 0 Å². The number of nitrogen functional groups attached to an aromatic ring is 1. The van der Waals surface area contributed by atoms with Crippen LogP contribution in [0.15, 0.2) is 18.1 Å². The van der Waals surface area contributed by atoms with Crippen LogP contribution in [0.5, 0.6) is 0 Å². The van der Waals surface area contributed by atoms with Crippen LogP contribution in [0.2, 0.25) is 5.02 Å². The summed E-state index contributed by atoms with van der Waals surface area (Å²) in [7, 11) is 0. The summed E-state index contributed by atoms with van der Waals surface area (Å²) < 4.78 is 37.4. The highest BCUT2D eigenvalue weighted by atomic mass is 35.5. The second-order valence-corrected chi connectivity index (χ2v) is 3.12. The van der Waals surface area contributed by atoms with E-state index in [2.05, 4.69) is 0 Å². The van der Waals surface area contributed by atoms with E-state index in [9.17, 15) is 9.59 Å². The maximum atomic E-state index is 12.1. The molecule has 0 amide bonds. The molecule has 0 spiro atoms. The number of ketones is 1. The van der Waals surface area contributed by atoms with Gasteiger partial charge in [0.15, 0.2) is 5.78 Å². The van der Waals surface area contributed by atoms with Crippen LogP contribution >= 0.6 is 11.6 Å². The number of aliphatic carboxylic acids is 1. The van der Waals surface area contributed by atoms with Gasteiger partial charge in [-0.15, -0.1) is 0 Å². The van der Waals surface area contributed by atoms with E-state index in [1.807, 2.05) is 0 Å². The Morgan fingerprint density at radius 1 is 1.69 bits per heavy atom. The molecule has 16 heavy (non-hydrogen) atoms. The van der Waals surface area contributed by atoms with Crippen molar-refractivity contribution in [3.63, 3.8) is 0 Å². The second kappa shape index (κ2) is 4.96. The fourth-order valence-electron chi connectivity index (χ4n) is 0.866. The third kappa shape index (κ3) is 2.95. The van der Waals surface area contributed by atoms with Crippen LogP contribution in [-0.4, -0.2) is 22.9 Å². The van der Waals surface area contributed by atoms with Gasteiger partial charge in [-0.2, -0.15) is 0 Å². The number of anilines is 1. The number of nitrogens with two attached hydrogens (primary N) is 2. The average Bonchev–Trinajstić information content (AvgIpc) is 2.41. The number of rotatable bonds is 4. The van der Waals surface area contributed by atoms with Crippen LogP contribution in [0.25, 0.3) is 0 Å². The monoisotopic (exact) mass is 247 g/mol. The van der Waals surface area contributed by atoms with Gasteiger partial charge in [0, 0.05) is 24.0 Å². The lowest BCUT2D eigenvalue weighted by atomic mass is 10.0. The average molecular weight is 248 g/mol. The minimum absolute atomic E-state index is 0.446. The normalized spacial score (nSPS) is 20.5. The highest BCUT2D eigenvalue weighted by Crippen LogP contribution is 2.19. The summed E-state index contributed by atoms with van der Waals surface area (Å²) in [5.74, 6) is -3.25. The number of carboxylic acid groups (broad SMARTS) is 1. The molecule has 2 atom stereocenters. The lowest BCUT2D eigenvalue weighted by Gasteiger charge is -2.07. The molecule has 0 heterocycles. The highest BCUT2D eigenvalue weighted by molar-refractivity contribution is 6.31. The minimum atomic E-state index is -2.96. The molecule has 1 aromatic rings. The van der Waals surface area contributed by atoms with E-state index in [1.54, 1.807) is 0 Å². The number of Topliss-reactive ketones (excluding diaryl/α,β-unsaturated/α-hetero) is 1. The summed E-state index contributed by atoms with van der Waals surface area (Å²) >= 11 is 5.60. The predicted molar refractivity (Wildman–Crippen MR) is 60.4 cm³/mol. The molecule has 0 saturated carbocycles. The first-order valence-corrected chi connectivity index (χ1v) is 4.35. The van der Waals surface area contributed by atoms with Gasteiger partial charge in [0.25, 0.3) is 0 Å². The van der Waals surface area contributed by atoms with Crippen LogP contribution in [0.4, 0.5) is 5.69 Å². The molecule has 0 fully saturated rings. The fourth-order valence-corrected chi connectivity index (χ4v) is 1.02. The molecule has 2 unspecified atom stereocenters. The Labute approximate surface area is 104 Å². The number of carboxylic acids is 1. The molecule has 5 nitrogen and oxygen atoms in total. The summed E-state index contributed by atoms with van der Waals surface area (Å²) in [4.78, 5) is 22.9.